The largest absolute Gasteiger partial charge is 0.480 e. The fraction of sp³-hybridized carbons (Fsp3) is 0.292. The number of carbonyl (C=O) groups excluding carboxylic acids is 1. The van der Waals surface area contributed by atoms with E-state index in [1.807, 2.05) is 18.7 Å². The van der Waals surface area contributed by atoms with Crippen LogP contribution in [0.15, 0.2) is 48.5 Å². The molecule has 0 spiro atoms. The summed E-state index contributed by atoms with van der Waals surface area (Å²) in [5.41, 5.74) is 2.54. The van der Waals surface area contributed by atoms with E-state index in [0.29, 0.717) is 22.9 Å². The average Bonchev–Trinajstić information content (AvgIpc) is 3.08. The van der Waals surface area contributed by atoms with Gasteiger partial charge in [-0.05, 0) is 49.6 Å². The number of thiazole rings is 1. The van der Waals surface area contributed by atoms with Gasteiger partial charge in [-0.25, -0.2) is 14.2 Å². The van der Waals surface area contributed by atoms with E-state index in [4.69, 9.17) is 0 Å². The second-order valence-electron chi connectivity index (χ2n) is 7.91. The number of hydrogen-bond donors (Lipinski definition) is 2. The lowest BCUT2D eigenvalue weighted by Gasteiger charge is -2.23. The maximum Gasteiger partial charge on any atom is 0.326 e. The molecule has 2 aromatic carbocycles. The maximum absolute atomic E-state index is 14.6. The summed E-state index contributed by atoms with van der Waals surface area (Å²) in [5.74, 6) is -2.10. The van der Waals surface area contributed by atoms with Crippen molar-refractivity contribution in [2.45, 2.75) is 40.3 Å². The topological polar surface area (TPSA) is 82.5 Å². The number of carboxylic acid groups (broad SMARTS) is 1. The second-order valence-corrected chi connectivity index (χ2v) is 9.09. The number of aromatic nitrogens is 1. The number of aryl methyl sites for hydroxylation is 2. The van der Waals surface area contributed by atoms with Gasteiger partial charge in [0.2, 0.25) is 0 Å². The van der Waals surface area contributed by atoms with Gasteiger partial charge in [0.1, 0.15) is 11.9 Å². The average molecular weight is 456 g/mol. The van der Waals surface area contributed by atoms with Crippen molar-refractivity contribution in [2.75, 3.05) is 4.90 Å². The van der Waals surface area contributed by atoms with Crippen molar-refractivity contribution >= 4 is 34.0 Å². The lowest BCUT2D eigenvalue weighted by atomic mass is 10.0. The van der Waals surface area contributed by atoms with Gasteiger partial charge >= 0.3 is 5.97 Å². The third-order valence-corrected chi connectivity index (χ3v) is 6.26. The highest BCUT2D eigenvalue weighted by Crippen LogP contribution is 2.34. The van der Waals surface area contributed by atoms with Crippen molar-refractivity contribution in [2.24, 2.45) is 5.92 Å². The van der Waals surface area contributed by atoms with E-state index in [1.165, 1.54) is 17.4 Å². The van der Waals surface area contributed by atoms with Crippen molar-refractivity contribution in [3.05, 3.63) is 76.0 Å². The van der Waals surface area contributed by atoms with Crippen LogP contribution in [0.4, 0.5) is 15.2 Å². The molecule has 8 heteroatoms. The van der Waals surface area contributed by atoms with Gasteiger partial charge in [0, 0.05) is 10.4 Å². The van der Waals surface area contributed by atoms with Crippen LogP contribution in [0.25, 0.3) is 0 Å². The van der Waals surface area contributed by atoms with Crippen LogP contribution in [0.5, 0.6) is 0 Å². The highest BCUT2D eigenvalue weighted by Gasteiger charge is 2.24. The molecule has 32 heavy (non-hydrogen) atoms. The zero-order chi connectivity index (χ0) is 23.4. The molecule has 0 fully saturated rings. The molecule has 0 aliphatic carbocycles. The number of halogens is 1. The van der Waals surface area contributed by atoms with Crippen molar-refractivity contribution in [3.63, 3.8) is 0 Å². The predicted octanol–water partition coefficient (Wildman–Crippen LogP) is 5.08. The third kappa shape index (κ3) is 5.31. The van der Waals surface area contributed by atoms with E-state index in [9.17, 15) is 19.1 Å². The van der Waals surface area contributed by atoms with E-state index in [1.54, 1.807) is 56.3 Å². The van der Waals surface area contributed by atoms with Gasteiger partial charge in [-0.3, -0.25) is 4.79 Å². The van der Waals surface area contributed by atoms with Crippen LogP contribution in [0.1, 0.15) is 40.3 Å². The SMILES string of the molecule is Cc1nc(N(Cc2ccc(C(=O)NC(C(=O)O)C(C)C)cc2)c2ccccc2F)sc1C. The van der Waals surface area contributed by atoms with Crippen LogP contribution in [-0.2, 0) is 11.3 Å². The zero-order valence-electron chi connectivity index (χ0n) is 18.4. The fourth-order valence-electron chi connectivity index (χ4n) is 3.18. The monoisotopic (exact) mass is 455 g/mol. The minimum Gasteiger partial charge on any atom is -0.480 e. The minimum atomic E-state index is -1.07. The van der Waals surface area contributed by atoms with Crippen molar-refractivity contribution < 1.29 is 19.1 Å². The molecular formula is C24H26FN3O3S. The Morgan fingerprint density at radius 1 is 1.12 bits per heavy atom. The highest BCUT2D eigenvalue weighted by molar-refractivity contribution is 7.15. The Balaban J connectivity index is 1.84. The number of nitrogens with zero attached hydrogens (tertiary/aromatic N) is 2. The molecule has 0 radical (unpaired) electrons. The molecule has 2 N–H and O–H groups in total. The number of aliphatic carboxylic acids is 1. The lowest BCUT2D eigenvalue weighted by Crippen LogP contribution is -2.44. The molecule has 0 bridgehead atoms. The highest BCUT2D eigenvalue weighted by atomic mass is 32.1. The minimum absolute atomic E-state index is 0.241. The molecule has 3 aromatic rings. The molecule has 1 heterocycles. The van der Waals surface area contributed by atoms with Crippen LogP contribution < -0.4 is 10.2 Å². The van der Waals surface area contributed by atoms with Gasteiger partial charge in [0.25, 0.3) is 5.91 Å². The Bertz CT molecular complexity index is 1090. The van der Waals surface area contributed by atoms with Crippen molar-refractivity contribution in [3.8, 4) is 0 Å². The molecule has 0 saturated carbocycles. The number of para-hydroxylation sites is 1. The molecule has 1 unspecified atom stereocenters. The van der Waals surface area contributed by atoms with Gasteiger partial charge in [-0.15, -0.1) is 11.3 Å². The molecule has 6 nitrogen and oxygen atoms in total. The van der Waals surface area contributed by atoms with E-state index in [-0.39, 0.29) is 11.7 Å². The molecule has 3 rings (SSSR count). The molecular weight excluding hydrogens is 429 g/mol. The quantitative estimate of drug-likeness (QED) is 0.495. The summed E-state index contributed by atoms with van der Waals surface area (Å²) >= 11 is 1.49. The Kier molecular flexibility index (Phi) is 7.25. The number of benzene rings is 2. The third-order valence-electron chi connectivity index (χ3n) is 5.17. The first-order valence-corrected chi connectivity index (χ1v) is 11.1. The molecule has 1 aromatic heterocycles. The van der Waals surface area contributed by atoms with Gasteiger partial charge < -0.3 is 15.3 Å². The molecule has 0 saturated heterocycles. The van der Waals surface area contributed by atoms with Crippen LogP contribution in [0, 0.1) is 25.6 Å². The van der Waals surface area contributed by atoms with E-state index < -0.39 is 17.9 Å². The molecule has 1 amide bonds. The van der Waals surface area contributed by atoms with Crippen LogP contribution in [-0.4, -0.2) is 28.0 Å². The Hall–Kier alpha value is -3.26. The van der Waals surface area contributed by atoms with E-state index >= 15 is 0 Å². The molecule has 1 atom stereocenters. The van der Waals surface area contributed by atoms with Gasteiger partial charge in [-0.2, -0.15) is 0 Å². The summed E-state index contributed by atoms with van der Waals surface area (Å²) in [6.07, 6.45) is 0. The molecule has 168 valence electrons. The first-order chi connectivity index (χ1) is 15.2. The zero-order valence-corrected chi connectivity index (χ0v) is 19.2. The number of amides is 1. The first kappa shape index (κ1) is 23.4. The standard InChI is InChI=1S/C24H26FN3O3S/c1-14(2)21(23(30)31)27-22(29)18-11-9-17(10-12-18)13-28(20-8-6-5-7-19(20)25)24-26-15(3)16(4)32-24/h5-12,14,21H,13H2,1-4H3,(H,27,29)(H,30,31). The Morgan fingerprint density at radius 3 is 2.31 bits per heavy atom. The van der Waals surface area contributed by atoms with Crippen LogP contribution in [0.3, 0.4) is 0 Å². The van der Waals surface area contributed by atoms with Crippen LogP contribution in [0.2, 0.25) is 0 Å². The maximum atomic E-state index is 14.6. The van der Waals surface area contributed by atoms with Gasteiger partial charge in [0.15, 0.2) is 5.13 Å². The van der Waals surface area contributed by atoms with E-state index in [2.05, 4.69) is 10.3 Å². The van der Waals surface area contributed by atoms with E-state index in [0.717, 1.165) is 16.1 Å². The number of rotatable bonds is 8. The summed E-state index contributed by atoms with van der Waals surface area (Å²) in [5, 5.41) is 12.5. The normalized spacial score (nSPS) is 11.9. The summed E-state index contributed by atoms with van der Waals surface area (Å²) < 4.78 is 14.6. The smallest absolute Gasteiger partial charge is 0.326 e. The summed E-state index contributed by atoms with van der Waals surface area (Å²) in [6.45, 7) is 7.73. The summed E-state index contributed by atoms with van der Waals surface area (Å²) in [4.78, 5) is 31.3. The van der Waals surface area contributed by atoms with Gasteiger partial charge in [0.05, 0.1) is 17.9 Å². The number of anilines is 2. The Morgan fingerprint density at radius 2 is 1.78 bits per heavy atom. The number of nitrogens with one attached hydrogen (secondary N) is 1. The number of carbonyl (C=O) groups is 2. The Labute approximate surface area is 190 Å². The summed E-state index contributed by atoms with van der Waals surface area (Å²) in [6, 6.07) is 12.4. The predicted molar refractivity (Wildman–Crippen MR) is 124 cm³/mol. The first-order valence-electron chi connectivity index (χ1n) is 10.3. The summed E-state index contributed by atoms with van der Waals surface area (Å²) in [7, 11) is 0. The molecule has 0 aliphatic heterocycles. The number of hydrogen-bond acceptors (Lipinski definition) is 5. The molecule has 0 aliphatic rings. The van der Waals surface area contributed by atoms with Crippen molar-refractivity contribution in [1.82, 2.24) is 10.3 Å². The fourth-order valence-corrected chi connectivity index (χ4v) is 4.10. The van der Waals surface area contributed by atoms with Crippen LogP contribution >= 0.6 is 11.3 Å². The second kappa shape index (κ2) is 9.91. The van der Waals surface area contributed by atoms with Crippen molar-refractivity contribution in [1.29, 1.82) is 0 Å². The van der Waals surface area contributed by atoms with Gasteiger partial charge in [-0.1, -0.05) is 38.1 Å². The number of carboxylic acids is 1. The lowest BCUT2D eigenvalue weighted by molar-refractivity contribution is -0.140.